The first-order valence-corrected chi connectivity index (χ1v) is 12.2. The second-order valence-corrected chi connectivity index (χ2v) is 9.96. The second kappa shape index (κ2) is 8.53. The van der Waals surface area contributed by atoms with Gasteiger partial charge in [-0.25, -0.2) is 9.97 Å². The van der Waals surface area contributed by atoms with Crippen LogP contribution in [0.15, 0.2) is 36.4 Å². The number of fused-ring (bicyclic) bond motifs is 2. The maximum atomic E-state index is 12.4. The summed E-state index contributed by atoms with van der Waals surface area (Å²) in [5.74, 6) is -0.0834. The smallest absolute Gasteiger partial charge is 0.280 e. The molecule has 31 heavy (non-hydrogen) atoms. The first-order valence-electron chi connectivity index (χ1n) is 10.6. The molecule has 160 valence electrons. The first kappa shape index (κ1) is 20.4. The number of nitrogens with one attached hydrogen (secondary N) is 1. The van der Waals surface area contributed by atoms with Crippen LogP contribution in [0.1, 0.15) is 20.9 Å². The molecular weight excluding hydrogens is 426 g/mol. The van der Waals surface area contributed by atoms with Crippen LogP contribution in [0.3, 0.4) is 0 Å². The molecule has 0 radical (unpaired) electrons. The Morgan fingerprint density at radius 1 is 1.00 bits per heavy atom. The molecule has 0 saturated carbocycles. The number of hydrogen-bond acceptors (Lipinski definition) is 7. The SMILES string of the molecule is Cc1ccc2sc(N3CCN(CCNC(=O)c4nc5ccccc5s4)CC3)nc2c1C. The Hall–Kier alpha value is -2.55. The predicted molar refractivity (Wildman–Crippen MR) is 130 cm³/mol. The van der Waals surface area contributed by atoms with Crippen molar-refractivity contribution in [1.82, 2.24) is 20.2 Å². The molecule has 0 bridgehead atoms. The van der Waals surface area contributed by atoms with E-state index in [2.05, 4.69) is 46.1 Å². The van der Waals surface area contributed by atoms with Crippen molar-refractivity contribution in [1.29, 1.82) is 0 Å². The number of carbonyl (C=O) groups excluding carboxylic acids is 1. The van der Waals surface area contributed by atoms with Crippen molar-refractivity contribution in [3.05, 3.63) is 52.5 Å². The first-order chi connectivity index (χ1) is 15.1. The number of aryl methyl sites for hydroxylation is 2. The maximum Gasteiger partial charge on any atom is 0.280 e. The minimum Gasteiger partial charge on any atom is -0.349 e. The van der Waals surface area contributed by atoms with E-state index in [1.54, 1.807) is 11.3 Å². The molecule has 3 heterocycles. The Morgan fingerprint density at radius 2 is 1.81 bits per heavy atom. The Morgan fingerprint density at radius 3 is 2.61 bits per heavy atom. The summed E-state index contributed by atoms with van der Waals surface area (Å²) < 4.78 is 2.31. The lowest BCUT2D eigenvalue weighted by atomic mass is 10.1. The molecule has 1 amide bonds. The molecule has 0 spiro atoms. The lowest BCUT2D eigenvalue weighted by Gasteiger charge is -2.34. The van der Waals surface area contributed by atoms with E-state index in [4.69, 9.17) is 4.98 Å². The quantitative estimate of drug-likeness (QED) is 0.496. The number of piperazine rings is 1. The van der Waals surface area contributed by atoms with Crippen LogP contribution >= 0.6 is 22.7 Å². The Balaban J connectivity index is 1.12. The molecule has 2 aromatic carbocycles. The van der Waals surface area contributed by atoms with Gasteiger partial charge in [-0.3, -0.25) is 9.69 Å². The average molecular weight is 452 g/mol. The van der Waals surface area contributed by atoms with Crippen LogP contribution in [-0.4, -0.2) is 60.0 Å². The minimum absolute atomic E-state index is 0.0834. The largest absolute Gasteiger partial charge is 0.349 e. The number of amides is 1. The summed E-state index contributed by atoms with van der Waals surface area (Å²) in [6.07, 6.45) is 0. The van der Waals surface area contributed by atoms with Gasteiger partial charge in [-0.1, -0.05) is 29.5 Å². The summed E-state index contributed by atoms with van der Waals surface area (Å²) >= 11 is 3.23. The number of thiazole rings is 2. The van der Waals surface area contributed by atoms with Gasteiger partial charge in [0, 0.05) is 39.3 Å². The zero-order valence-electron chi connectivity index (χ0n) is 17.7. The third kappa shape index (κ3) is 4.15. The zero-order chi connectivity index (χ0) is 21.4. The van der Waals surface area contributed by atoms with Gasteiger partial charge in [0.2, 0.25) is 0 Å². The van der Waals surface area contributed by atoms with E-state index in [0.717, 1.165) is 53.6 Å². The van der Waals surface area contributed by atoms with Crippen molar-refractivity contribution < 1.29 is 4.79 Å². The summed E-state index contributed by atoms with van der Waals surface area (Å²) in [7, 11) is 0. The van der Waals surface area contributed by atoms with Gasteiger partial charge in [0.05, 0.1) is 20.4 Å². The van der Waals surface area contributed by atoms with Crippen LogP contribution in [0.25, 0.3) is 20.4 Å². The van der Waals surface area contributed by atoms with Crippen LogP contribution in [-0.2, 0) is 0 Å². The van der Waals surface area contributed by atoms with E-state index in [1.165, 1.54) is 27.2 Å². The zero-order valence-corrected chi connectivity index (χ0v) is 19.4. The minimum atomic E-state index is -0.0834. The summed E-state index contributed by atoms with van der Waals surface area (Å²) in [5, 5.41) is 4.68. The van der Waals surface area contributed by atoms with Crippen molar-refractivity contribution >= 4 is 54.1 Å². The van der Waals surface area contributed by atoms with Gasteiger partial charge in [-0.2, -0.15) is 0 Å². The molecule has 1 N–H and O–H groups in total. The highest BCUT2D eigenvalue weighted by molar-refractivity contribution is 7.22. The molecule has 5 rings (SSSR count). The van der Waals surface area contributed by atoms with Crippen LogP contribution in [0.2, 0.25) is 0 Å². The highest BCUT2D eigenvalue weighted by atomic mass is 32.1. The van der Waals surface area contributed by atoms with E-state index in [-0.39, 0.29) is 5.91 Å². The van der Waals surface area contributed by atoms with Gasteiger partial charge < -0.3 is 10.2 Å². The summed E-state index contributed by atoms with van der Waals surface area (Å²) in [6, 6.07) is 12.2. The van der Waals surface area contributed by atoms with Crippen molar-refractivity contribution in [2.24, 2.45) is 0 Å². The van der Waals surface area contributed by atoms with E-state index in [0.29, 0.717) is 11.6 Å². The van der Waals surface area contributed by atoms with Gasteiger partial charge in [-0.05, 0) is 43.2 Å². The summed E-state index contributed by atoms with van der Waals surface area (Å²) in [5.41, 5.74) is 4.60. The molecule has 1 aliphatic heterocycles. The van der Waals surface area contributed by atoms with Crippen LogP contribution in [0.4, 0.5) is 5.13 Å². The molecule has 0 atom stereocenters. The predicted octanol–water partition coefficient (Wildman–Crippen LogP) is 4.07. The van der Waals surface area contributed by atoms with E-state index >= 15 is 0 Å². The fourth-order valence-corrected chi connectivity index (χ4v) is 5.84. The number of aromatic nitrogens is 2. The summed E-state index contributed by atoms with van der Waals surface area (Å²) in [4.78, 5) is 26.6. The fourth-order valence-electron chi connectivity index (χ4n) is 3.88. The standard InChI is InChI=1S/C23H25N5OS2/c1-15-7-8-19-20(16(15)2)26-23(31-19)28-13-11-27(12-14-28)10-9-24-21(29)22-25-17-5-3-4-6-18(17)30-22/h3-8H,9-14H2,1-2H3,(H,24,29). The van der Waals surface area contributed by atoms with Gasteiger partial charge in [0.15, 0.2) is 10.1 Å². The van der Waals surface area contributed by atoms with E-state index in [9.17, 15) is 4.79 Å². The molecule has 2 aromatic heterocycles. The second-order valence-electron chi connectivity index (χ2n) is 7.92. The normalized spacial score (nSPS) is 15.1. The Labute approximate surface area is 189 Å². The Kier molecular flexibility index (Phi) is 5.60. The molecule has 1 aliphatic rings. The number of carbonyl (C=O) groups is 1. The van der Waals surface area contributed by atoms with Crippen LogP contribution in [0, 0.1) is 13.8 Å². The van der Waals surface area contributed by atoms with Crippen molar-refractivity contribution in [3.8, 4) is 0 Å². The number of para-hydroxylation sites is 1. The van der Waals surface area contributed by atoms with Crippen LogP contribution in [0.5, 0.6) is 0 Å². The monoisotopic (exact) mass is 451 g/mol. The molecule has 0 aliphatic carbocycles. The Bertz CT molecular complexity index is 1210. The van der Waals surface area contributed by atoms with E-state index in [1.807, 2.05) is 24.3 Å². The lowest BCUT2D eigenvalue weighted by Crippen LogP contribution is -2.48. The highest BCUT2D eigenvalue weighted by Gasteiger charge is 2.20. The van der Waals surface area contributed by atoms with Gasteiger partial charge in [0.1, 0.15) is 0 Å². The lowest BCUT2D eigenvalue weighted by molar-refractivity contribution is 0.0947. The molecule has 1 fully saturated rings. The molecule has 6 nitrogen and oxygen atoms in total. The topological polar surface area (TPSA) is 61.4 Å². The number of rotatable bonds is 5. The van der Waals surface area contributed by atoms with Crippen molar-refractivity contribution in [2.45, 2.75) is 13.8 Å². The third-order valence-electron chi connectivity index (χ3n) is 5.92. The molecule has 0 unspecified atom stereocenters. The molecule has 4 aromatic rings. The van der Waals surface area contributed by atoms with Gasteiger partial charge >= 0.3 is 0 Å². The van der Waals surface area contributed by atoms with Crippen molar-refractivity contribution in [3.63, 3.8) is 0 Å². The average Bonchev–Trinajstić information content (AvgIpc) is 3.42. The third-order valence-corrected chi connectivity index (χ3v) is 8.03. The number of hydrogen-bond donors (Lipinski definition) is 1. The number of nitrogens with zero attached hydrogens (tertiary/aromatic N) is 4. The van der Waals surface area contributed by atoms with Crippen LogP contribution < -0.4 is 10.2 Å². The molecular formula is C23H25N5OS2. The molecule has 8 heteroatoms. The van der Waals surface area contributed by atoms with Crippen molar-refractivity contribution in [2.75, 3.05) is 44.2 Å². The highest BCUT2D eigenvalue weighted by Crippen LogP contribution is 2.32. The van der Waals surface area contributed by atoms with Gasteiger partial charge in [0.25, 0.3) is 5.91 Å². The van der Waals surface area contributed by atoms with Gasteiger partial charge in [-0.15, -0.1) is 11.3 Å². The number of anilines is 1. The number of benzene rings is 2. The maximum absolute atomic E-state index is 12.4. The fraction of sp³-hybridized carbons (Fsp3) is 0.348. The summed E-state index contributed by atoms with van der Waals surface area (Å²) in [6.45, 7) is 9.66. The van der Waals surface area contributed by atoms with E-state index < -0.39 is 0 Å². The molecule has 1 saturated heterocycles.